The number of ether oxygens (including phenoxy) is 2. The number of hydrogen-bond donors (Lipinski definition) is 2. The molecule has 4 aliphatic rings. The lowest BCUT2D eigenvalue weighted by atomic mass is 10.0. The molecule has 11 heteroatoms. The first-order valence-electron chi connectivity index (χ1n) is 22.2. The smallest absolute Gasteiger partial charge is 0.206 e. The Bertz CT molecular complexity index is 2380. The van der Waals surface area contributed by atoms with E-state index in [1.165, 1.54) is 68.8 Å². The lowest BCUT2D eigenvalue weighted by Crippen LogP contribution is -2.50. The quantitative estimate of drug-likeness (QED) is 0.122. The summed E-state index contributed by atoms with van der Waals surface area (Å²) in [5, 5.41) is 21.8. The van der Waals surface area contributed by atoms with Crippen molar-refractivity contribution in [3.05, 3.63) is 168 Å². The molecule has 10 rings (SSSR count). The number of rotatable bonds is 14. The van der Waals surface area contributed by atoms with Gasteiger partial charge in [0, 0.05) is 65.4 Å². The van der Waals surface area contributed by atoms with Gasteiger partial charge in [0.05, 0.1) is 21.9 Å². The number of hydrogen-bond acceptors (Lipinski definition) is 10. The molecular formula is C52H54N4O6S. The highest BCUT2D eigenvalue weighted by atomic mass is 32.2. The SMILES string of the molecule is O=S(=O)(c1ccc(OC[C@@H](O)CN2CCN(C3c4ccccc4-c4ccccc43)CC2)cc1)c1ccc(OC[C@H](O)CN2CCN(C3c4ccccc4-c4ccccc43)CC2)cc1. The summed E-state index contributed by atoms with van der Waals surface area (Å²) >= 11 is 0. The highest BCUT2D eigenvalue weighted by Crippen LogP contribution is 2.47. The molecule has 2 aliphatic heterocycles. The Labute approximate surface area is 370 Å². The summed E-state index contributed by atoms with van der Waals surface area (Å²) in [6, 6.07) is 47.9. The second-order valence-corrected chi connectivity index (χ2v) is 19.2. The molecule has 0 radical (unpaired) electrons. The van der Waals surface area contributed by atoms with Crippen molar-refractivity contribution in [2.75, 3.05) is 78.7 Å². The van der Waals surface area contributed by atoms with Crippen LogP contribution in [0.3, 0.4) is 0 Å². The average molecular weight is 863 g/mol. The number of fused-ring (bicyclic) bond motifs is 6. The highest BCUT2D eigenvalue weighted by molar-refractivity contribution is 7.91. The third kappa shape index (κ3) is 8.55. The molecule has 2 atom stereocenters. The molecular weight excluding hydrogens is 809 g/mol. The van der Waals surface area contributed by atoms with E-state index in [0.29, 0.717) is 24.6 Å². The fourth-order valence-electron chi connectivity index (χ4n) is 10.1. The third-order valence-electron chi connectivity index (χ3n) is 13.2. The van der Waals surface area contributed by atoms with Gasteiger partial charge in [-0.3, -0.25) is 19.6 Å². The maximum atomic E-state index is 13.5. The van der Waals surface area contributed by atoms with Gasteiger partial charge in [-0.05, 0) is 93.0 Å². The summed E-state index contributed by atoms with van der Waals surface area (Å²) in [5.74, 6) is 0.983. The van der Waals surface area contributed by atoms with Gasteiger partial charge in [-0.2, -0.15) is 0 Å². The Morgan fingerprint density at radius 1 is 0.444 bits per heavy atom. The second kappa shape index (κ2) is 18.0. The van der Waals surface area contributed by atoms with E-state index < -0.39 is 22.0 Å². The topological polar surface area (TPSA) is 106 Å². The minimum atomic E-state index is -3.79. The predicted octanol–water partition coefficient (Wildman–Crippen LogP) is 6.77. The van der Waals surface area contributed by atoms with E-state index in [9.17, 15) is 18.6 Å². The van der Waals surface area contributed by atoms with Crippen molar-refractivity contribution in [3.8, 4) is 33.8 Å². The van der Waals surface area contributed by atoms with E-state index in [4.69, 9.17) is 9.47 Å². The van der Waals surface area contributed by atoms with E-state index in [2.05, 4.69) is 117 Å². The zero-order valence-electron chi connectivity index (χ0n) is 35.4. The summed E-state index contributed by atoms with van der Waals surface area (Å²) in [5.41, 5.74) is 10.7. The zero-order chi connectivity index (χ0) is 42.9. The van der Waals surface area contributed by atoms with Crippen molar-refractivity contribution in [2.45, 2.75) is 34.1 Å². The Hall–Kier alpha value is -5.37. The first kappa shape index (κ1) is 41.6. The molecule has 0 spiro atoms. The van der Waals surface area contributed by atoms with Gasteiger partial charge in [-0.1, -0.05) is 97.1 Å². The molecule has 2 heterocycles. The molecule has 0 aromatic heterocycles. The van der Waals surface area contributed by atoms with E-state index in [0.717, 1.165) is 52.4 Å². The molecule has 6 aromatic carbocycles. The van der Waals surface area contributed by atoms with Crippen molar-refractivity contribution in [2.24, 2.45) is 0 Å². The van der Waals surface area contributed by atoms with Gasteiger partial charge in [0.2, 0.25) is 9.84 Å². The molecule has 0 bridgehead atoms. The van der Waals surface area contributed by atoms with Crippen LogP contribution in [0.2, 0.25) is 0 Å². The Morgan fingerprint density at radius 2 is 0.746 bits per heavy atom. The largest absolute Gasteiger partial charge is 0.491 e. The second-order valence-electron chi connectivity index (χ2n) is 17.2. The van der Waals surface area contributed by atoms with Crippen LogP contribution in [0.15, 0.2) is 155 Å². The van der Waals surface area contributed by atoms with Crippen molar-refractivity contribution >= 4 is 9.84 Å². The van der Waals surface area contributed by atoms with Crippen LogP contribution in [0.5, 0.6) is 11.5 Å². The van der Waals surface area contributed by atoms with Gasteiger partial charge < -0.3 is 19.7 Å². The average Bonchev–Trinajstić information content (AvgIpc) is 3.84. The van der Waals surface area contributed by atoms with Gasteiger partial charge in [0.25, 0.3) is 0 Å². The minimum absolute atomic E-state index is 0.105. The standard InChI is InChI=1S/C52H54N4O6S/c57-37(33-53-25-29-55(30-26-53)51-47-13-5-1-9-43(47)44-10-2-6-14-48(44)51)35-61-39-17-21-41(22-18-39)63(59,60)42-23-19-40(20-24-42)62-36-38(58)34-54-27-31-56(32-28-54)52-49-15-7-3-11-45(49)46-12-4-8-16-50(46)52/h1-24,37-38,51-52,57-58H,25-36H2/t37-,38+. The summed E-state index contributed by atoms with van der Waals surface area (Å²) < 4.78 is 38.8. The number of benzene rings is 6. The number of sulfone groups is 1. The molecule has 63 heavy (non-hydrogen) atoms. The lowest BCUT2D eigenvalue weighted by Gasteiger charge is -2.39. The van der Waals surface area contributed by atoms with E-state index in [1.807, 2.05) is 0 Å². The van der Waals surface area contributed by atoms with E-state index in [-0.39, 0.29) is 35.1 Å². The first-order chi connectivity index (χ1) is 30.8. The first-order valence-corrected chi connectivity index (χ1v) is 23.6. The fourth-order valence-corrected chi connectivity index (χ4v) is 11.4. The maximum Gasteiger partial charge on any atom is 0.206 e. The fraction of sp³-hybridized carbons (Fsp3) is 0.308. The summed E-state index contributed by atoms with van der Waals surface area (Å²) in [4.78, 5) is 9.95. The Balaban J connectivity index is 0.654. The molecule has 2 fully saturated rings. The predicted molar refractivity (Wildman–Crippen MR) is 245 cm³/mol. The zero-order valence-corrected chi connectivity index (χ0v) is 36.2. The number of β-amino-alcohol motifs (C(OH)–C–C–N with tert-alkyl or cyclic N) is 2. The van der Waals surface area contributed by atoms with Crippen molar-refractivity contribution in [1.82, 2.24) is 19.6 Å². The number of nitrogens with zero attached hydrogens (tertiary/aromatic N) is 4. The Morgan fingerprint density at radius 3 is 1.06 bits per heavy atom. The van der Waals surface area contributed by atoms with Crippen LogP contribution in [0.4, 0.5) is 0 Å². The lowest BCUT2D eigenvalue weighted by molar-refractivity contribution is 0.0404. The van der Waals surface area contributed by atoms with Crippen molar-refractivity contribution in [1.29, 1.82) is 0 Å². The summed E-state index contributed by atoms with van der Waals surface area (Å²) in [6.45, 7) is 8.24. The number of piperazine rings is 2. The van der Waals surface area contributed by atoms with Crippen LogP contribution < -0.4 is 9.47 Å². The van der Waals surface area contributed by atoms with Crippen molar-refractivity contribution in [3.63, 3.8) is 0 Å². The molecule has 0 unspecified atom stereocenters. The molecule has 10 nitrogen and oxygen atoms in total. The van der Waals surface area contributed by atoms with Gasteiger partial charge in [-0.25, -0.2) is 8.42 Å². The van der Waals surface area contributed by atoms with Gasteiger partial charge in [0.15, 0.2) is 0 Å². The van der Waals surface area contributed by atoms with E-state index in [1.54, 1.807) is 24.3 Å². The molecule has 2 N–H and O–H groups in total. The van der Waals surface area contributed by atoms with Crippen LogP contribution in [0.1, 0.15) is 34.3 Å². The molecule has 2 saturated heterocycles. The third-order valence-corrected chi connectivity index (χ3v) is 15.0. The number of aliphatic hydroxyl groups is 2. The van der Waals surface area contributed by atoms with Crippen LogP contribution >= 0.6 is 0 Å². The normalized spacial score (nSPS) is 18.3. The number of aliphatic hydroxyl groups excluding tert-OH is 2. The van der Waals surface area contributed by atoms with E-state index >= 15 is 0 Å². The molecule has 2 aliphatic carbocycles. The summed E-state index contributed by atoms with van der Waals surface area (Å²) in [7, 11) is -3.79. The van der Waals surface area contributed by atoms with Crippen LogP contribution in [-0.2, 0) is 9.84 Å². The molecule has 324 valence electrons. The van der Waals surface area contributed by atoms with Crippen LogP contribution in [0.25, 0.3) is 22.3 Å². The molecule has 0 saturated carbocycles. The highest BCUT2D eigenvalue weighted by Gasteiger charge is 2.36. The van der Waals surface area contributed by atoms with Crippen molar-refractivity contribution < 1.29 is 28.1 Å². The maximum absolute atomic E-state index is 13.5. The summed E-state index contributed by atoms with van der Waals surface area (Å²) in [6.07, 6.45) is -1.38. The van der Waals surface area contributed by atoms with Gasteiger partial charge in [-0.15, -0.1) is 0 Å². The monoisotopic (exact) mass is 862 g/mol. The van der Waals surface area contributed by atoms with Gasteiger partial charge in [0.1, 0.15) is 36.9 Å². The van der Waals surface area contributed by atoms with Gasteiger partial charge >= 0.3 is 0 Å². The minimum Gasteiger partial charge on any atom is -0.491 e. The van der Waals surface area contributed by atoms with Crippen LogP contribution in [-0.4, -0.2) is 129 Å². The molecule has 0 amide bonds. The van der Waals surface area contributed by atoms with Crippen LogP contribution in [0, 0.1) is 0 Å². The Kier molecular flexibility index (Phi) is 11.9. The molecule has 6 aromatic rings.